The molecule has 1 aromatic carbocycles. The van der Waals surface area contributed by atoms with Crippen LogP contribution < -0.4 is 0 Å². The maximum Gasteiger partial charge on any atom is 0.124 e. The van der Waals surface area contributed by atoms with Crippen molar-refractivity contribution in [1.29, 1.82) is 0 Å². The zero-order valence-electron chi connectivity index (χ0n) is 9.73. The number of hydrogen-bond acceptors (Lipinski definition) is 1. The molecule has 0 atom stereocenters. The van der Waals surface area contributed by atoms with E-state index in [0.717, 1.165) is 10.0 Å². The summed E-state index contributed by atoms with van der Waals surface area (Å²) in [6.07, 6.45) is 0. The average Bonchev–Trinajstić information content (AvgIpc) is 2.15. The van der Waals surface area contributed by atoms with E-state index in [9.17, 15) is 4.39 Å². The molecule has 90 valence electrons. The predicted molar refractivity (Wildman–Crippen MR) is 70.4 cm³/mol. The fourth-order valence-corrected chi connectivity index (χ4v) is 2.01. The molecule has 16 heavy (non-hydrogen) atoms. The third-order valence-corrected chi connectivity index (χ3v) is 3.81. The number of rotatable bonds is 4. The molecule has 1 nitrogen and oxygen atoms in total. The van der Waals surface area contributed by atoms with Gasteiger partial charge in [-0.15, -0.1) is 11.6 Å². The van der Waals surface area contributed by atoms with Gasteiger partial charge in [-0.05, 0) is 44.7 Å². The highest BCUT2D eigenvalue weighted by Crippen LogP contribution is 2.20. The summed E-state index contributed by atoms with van der Waals surface area (Å²) >= 11 is 9.18. The third-order valence-electron chi connectivity index (χ3n) is 2.70. The smallest absolute Gasteiger partial charge is 0.124 e. The van der Waals surface area contributed by atoms with Crippen LogP contribution in [0.2, 0.25) is 0 Å². The average molecular weight is 309 g/mol. The topological polar surface area (TPSA) is 3.24 Å². The first-order chi connectivity index (χ1) is 7.35. The van der Waals surface area contributed by atoms with Gasteiger partial charge in [0.1, 0.15) is 5.82 Å². The van der Waals surface area contributed by atoms with Crippen molar-refractivity contribution >= 4 is 27.5 Å². The van der Waals surface area contributed by atoms with Crippen molar-refractivity contribution in [2.45, 2.75) is 25.9 Å². The Morgan fingerprint density at radius 1 is 1.38 bits per heavy atom. The van der Waals surface area contributed by atoms with E-state index in [4.69, 9.17) is 11.6 Å². The highest BCUT2D eigenvalue weighted by molar-refractivity contribution is 9.10. The zero-order valence-corrected chi connectivity index (χ0v) is 12.1. The van der Waals surface area contributed by atoms with Gasteiger partial charge >= 0.3 is 0 Å². The molecule has 0 N–H and O–H groups in total. The molecular formula is C12H16BrClFN. The molecule has 0 radical (unpaired) electrons. The highest BCUT2D eigenvalue weighted by atomic mass is 79.9. The molecule has 0 aliphatic rings. The van der Waals surface area contributed by atoms with Gasteiger partial charge in [-0.3, -0.25) is 4.90 Å². The van der Waals surface area contributed by atoms with Gasteiger partial charge in [0.15, 0.2) is 0 Å². The minimum absolute atomic E-state index is 0.0969. The molecule has 0 spiro atoms. The van der Waals surface area contributed by atoms with Crippen molar-refractivity contribution in [3.63, 3.8) is 0 Å². The SMILES string of the molecule is CN(Cc1cc(F)cc(Br)c1)C(C)(C)CCl. The number of alkyl halides is 1. The summed E-state index contributed by atoms with van der Waals surface area (Å²) < 4.78 is 13.9. The Kier molecular flexibility index (Phi) is 4.77. The van der Waals surface area contributed by atoms with Crippen molar-refractivity contribution in [3.8, 4) is 0 Å². The summed E-state index contributed by atoms with van der Waals surface area (Å²) in [6, 6.07) is 4.92. The molecule has 0 fully saturated rings. The second-order valence-corrected chi connectivity index (χ2v) is 5.76. The summed E-state index contributed by atoms with van der Waals surface area (Å²) in [5.74, 6) is 0.321. The third kappa shape index (κ3) is 3.72. The second kappa shape index (κ2) is 5.48. The maximum atomic E-state index is 13.2. The summed E-state index contributed by atoms with van der Waals surface area (Å²) in [6.45, 7) is 4.80. The Bertz CT molecular complexity index is 348. The predicted octanol–water partition coefficient (Wildman–Crippen LogP) is 4.04. The van der Waals surface area contributed by atoms with Gasteiger partial charge in [0, 0.05) is 22.4 Å². The fraction of sp³-hybridized carbons (Fsp3) is 0.500. The Hall–Kier alpha value is -0.120. The van der Waals surface area contributed by atoms with Gasteiger partial charge in [0.05, 0.1) is 0 Å². The van der Waals surface area contributed by atoms with Crippen LogP contribution in [0, 0.1) is 5.82 Å². The summed E-state index contributed by atoms with van der Waals surface area (Å²) in [7, 11) is 1.99. The van der Waals surface area contributed by atoms with E-state index in [1.54, 1.807) is 6.07 Å². The number of benzene rings is 1. The molecule has 4 heteroatoms. The van der Waals surface area contributed by atoms with Crippen LogP contribution in [0.5, 0.6) is 0 Å². The van der Waals surface area contributed by atoms with E-state index in [0.29, 0.717) is 12.4 Å². The molecule has 0 saturated heterocycles. The van der Waals surface area contributed by atoms with Crippen LogP contribution in [0.15, 0.2) is 22.7 Å². The molecular weight excluding hydrogens is 292 g/mol. The van der Waals surface area contributed by atoms with E-state index < -0.39 is 0 Å². The van der Waals surface area contributed by atoms with Crippen LogP contribution in [0.3, 0.4) is 0 Å². The summed E-state index contributed by atoms with van der Waals surface area (Å²) in [5.41, 5.74) is 0.841. The zero-order chi connectivity index (χ0) is 12.3. The van der Waals surface area contributed by atoms with Gasteiger partial charge in [-0.25, -0.2) is 4.39 Å². The lowest BCUT2D eigenvalue weighted by Gasteiger charge is -2.33. The van der Waals surface area contributed by atoms with Crippen LogP contribution in [0.1, 0.15) is 19.4 Å². The minimum atomic E-state index is -0.221. The lowest BCUT2D eigenvalue weighted by Crippen LogP contribution is -2.42. The number of hydrogen-bond donors (Lipinski definition) is 0. The van der Waals surface area contributed by atoms with Gasteiger partial charge in [0.25, 0.3) is 0 Å². The normalized spacial score (nSPS) is 12.2. The lowest BCUT2D eigenvalue weighted by atomic mass is 10.1. The summed E-state index contributed by atoms with van der Waals surface area (Å²) in [5, 5.41) is 0. The van der Waals surface area contributed by atoms with Crippen molar-refractivity contribution in [1.82, 2.24) is 4.90 Å². The summed E-state index contributed by atoms with van der Waals surface area (Å²) in [4.78, 5) is 2.11. The Morgan fingerprint density at radius 3 is 2.50 bits per heavy atom. The largest absolute Gasteiger partial charge is 0.296 e. The highest BCUT2D eigenvalue weighted by Gasteiger charge is 2.22. The lowest BCUT2D eigenvalue weighted by molar-refractivity contribution is 0.170. The van der Waals surface area contributed by atoms with Crippen LogP contribution in [-0.2, 0) is 6.54 Å². The van der Waals surface area contributed by atoms with Crippen LogP contribution in [0.4, 0.5) is 4.39 Å². The van der Waals surface area contributed by atoms with Crippen molar-refractivity contribution in [2.24, 2.45) is 0 Å². The molecule has 0 aliphatic carbocycles. The van der Waals surface area contributed by atoms with Gasteiger partial charge in [-0.1, -0.05) is 15.9 Å². The monoisotopic (exact) mass is 307 g/mol. The molecule has 0 aliphatic heterocycles. The van der Waals surface area contributed by atoms with Gasteiger partial charge in [-0.2, -0.15) is 0 Å². The number of nitrogens with zero attached hydrogens (tertiary/aromatic N) is 1. The molecule has 0 heterocycles. The van der Waals surface area contributed by atoms with Crippen LogP contribution >= 0.6 is 27.5 Å². The quantitative estimate of drug-likeness (QED) is 0.759. The van der Waals surface area contributed by atoms with Crippen LogP contribution in [0.25, 0.3) is 0 Å². The Morgan fingerprint density at radius 2 is 2.00 bits per heavy atom. The molecule has 0 bridgehead atoms. The Balaban J connectivity index is 2.80. The second-order valence-electron chi connectivity index (χ2n) is 4.58. The number of halogens is 3. The minimum Gasteiger partial charge on any atom is -0.296 e. The Labute approximate surface area is 110 Å². The molecule has 0 aromatic heterocycles. The van der Waals surface area contributed by atoms with Crippen LogP contribution in [-0.4, -0.2) is 23.4 Å². The first kappa shape index (κ1) is 13.9. The van der Waals surface area contributed by atoms with E-state index >= 15 is 0 Å². The van der Waals surface area contributed by atoms with E-state index in [1.165, 1.54) is 6.07 Å². The first-order valence-electron chi connectivity index (χ1n) is 5.07. The molecule has 0 amide bonds. The van der Waals surface area contributed by atoms with E-state index in [1.807, 2.05) is 13.1 Å². The molecule has 0 unspecified atom stereocenters. The van der Waals surface area contributed by atoms with Gasteiger partial charge in [0.2, 0.25) is 0 Å². The van der Waals surface area contributed by atoms with E-state index in [-0.39, 0.29) is 11.4 Å². The maximum absolute atomic E-state index is 13.2. The standard InChI is InChI=1S/C12H16BrClFN/c1-12(2,8-14)16(3)7-9-4-10(13)6-11(15)5-9/h4-6H,7-8H2,1-3H3. The fourth-order valence-electron chi connectivity index (χ4n) is 1.29. The van der Waals surface area contributed by atoms with Gasteiger partial charge < -0.3 is 0 Å². The molecule has 1 rings (SSSR count). The first-order valence-corrected chi connectivity index (χ1v) is 6.40. The van der Waals surface area contributed by atoms with E-state index in [2.05, 4.69) is 34.7 Å². The van der Waals surface area contributed by atoms with Crippen molar-refractivity contribution in [2.75, 3.05) is 12.9 Å². The molecule has 0 saturated carbocycles. The molecule has 1 aromatic rings. The van der Waals surface area contributed by atoms with Crippen molar-refractivity contribution < 1.29 is 4.39 Å². The van der Waals surface area contributed by atoms with Crippen molar-refractivity contribution in [3.05, 3.63) is 34.1 Å².